The van der Waals surface area contributed by atoms with Gasteiger partial charge in [-0.05, 0) is 43.3 Å². The summed E-state index contributed by atoms with van der Waals surface area (Å²) in [5.74, 6) is 0. The first-order valence-corrected chi connectivity index (χ1v) is 9.06. The Morgan fingerprint density at radius 2 is 2.00 bits per heavy atom. The molecule has 0 amide bonds. The molecule has 114 valence electrons. The van der Waals surface area contributed by atoms with Gasteiger partial charge >= 0.3 is 0 Å². The minimum Gasteiger partial charge on any atom is -0.312 e. The Labute approximate surface area is 130 Å². The lowest BCUT2D eigenvalue weighted by atomic mass is 10.2. The van der Waals surface area contributed by atoms with Crippen LogP contribution < -0.4 is 9.62 Å². The van der Waals surface area contributed by atoms with Gasteiger partial charge in [-0.3, -0.25) is 4.31 Å². The Hall–Kier alpha value is -1.37. The molecule has 2 rings (SSSR count). The lowest BCUT2D eigenvalue weighted by molar-refractivity contribution is 0.596. The first-order chi connectivity index (χ1) is 9.95. The Bertz CT molecular complexity index is 708. The number of nitrogens with one attached hydrogen (secondary N) is 1. The van der Waals surface area contributed by atoms with Crippen LogP contribution in [-0.4, -0.2) is 22.0 Å². The SMILES string of the molecule is CCNCc1ccc(S(=O)(=O)N(C)c2cccc(C)c2)s1. The van der Waals surface area contributed by atoms with Crippen molar-refractivity contribution < 1.29 is 8.42 Å². The van der Waals surface area contributed by atoms with E-state index in [0.29, 0.717) is 16.4 Å². The topological polar surface area (TPSA) is 49.4 Å². The number of anilines is 1. The average molecular weight is 324 g/mol. The molecule has 21 heavy (non-hydrogen) atoms. The molecule has 0 saturated carbocycles. The zero-order valence-corrected chi connectivity index (χ0v) is 14.1. The summed E-state index contributed by atoms with van der Waals surface area (Å²) in [6.45, 7) is 5.54. The van der Waals surface area contributed by atoms with Crippen molar-refractivity contribution in [1.82, 2.24) is 5.32 Å². The lowest BCUT2D eigenvalue weighted by Crippen LogP contribution is -2.25. The van der Waals surface area contributed by atoms with Crippen LogP contribution in [0.4, 0.5) is 5.69 Å². The second-order valence-corrected chi connectivity index (χ2v) is 8.18. The molecule has 1 aromatic heterocycles. The van der Waals surface area contributed by atoms with Gasteiger partial charge in [0.25, 0.3) is 10.0 Å². The molecule has 0 bridgehead atoms. The van der Waals surface area contributed by atoms with Gasteiger partial charge in [0.2, 0.25) is 0 Å². The van der Waals surface area contributed by atoms with Crippen LogP contribution in [0.2, 0.25) is 0 Å². The molecule has 1 heterocycles. The van der Waals surface area contributed by atoms with Crippen molar-refractivity contribution in [2.24, 2.45) is 0 Å². The largest absolute Gasteiger partial charge is 0.312 e. The molecule has 6 heteroatoms. The molecule has 0 spiro atoms. The molecule has 1 aromatic carbocycles. The first-order valence-electron chi connectivity index (χ1n) is 6.80. The smallest absolute Gasteiger partial charge is 0.273 e. The number of benzene rings is 1. The fraction of sp³-hybridized carbons (Fsp3) is 0.333. The summed E-state index contributed by atoms with van der Waals surface area (Å²) in [6, 6.07) is 11.0. The van der Waals surface area contributed by atoms with Gasteiger partial charge in [0.1, 0.15) is 4.21 Å². The highest BCUT2D eigenvalue weighted by Crippen LogP contribution is 2.27. The number of hydrogen-bond acceptors (Lipinski definition) is 4. The Kier molecular flexibility index (Phi) is 5.03. The summed E-state index contributed by atoms with van der Waals surface area (Å²) < 4.78 is 27.0. The summed E-state index contributed by atoms with van der Waals surface area (Å²) in [4.78, 5) is 1.02. The number of nitrogens with zero attached hydrogens (tertiary/aromatic N) is 1. The van der Waals surface area contributed by atoms with Crippen molar-refractivity contribution in [1.29, 1.82) is 0 Å². The van der Waals surface area contributed by atoms with Gasteiger partial charge in [-0.2, -0.15) is 0 Å². The number of thiophene rings is 1. The van der Waals surface area contributed by atoms with E-state index >= 15 is 0 Å². The molecule has 1 N–H and O–H groups in total. The molecule has 0 aliphatic carbocycles. The minimum absolute atomic E-state index is 0.374. The van der Waals surface area contributed by atoms with Crippen LogP contribution in [0.1, 0.15) is 17.4 Å². The predicted molar refractivity (Wildman–Crippen MR) is 88.5 cm³/mol. The van der Waals surface area contributed by atoms with E-state index in [2.05, 4.69) is 5.32 Å². The molecule has 0 atom stereocenters. The highest BCUT2D eigenvalue weighted by molar-refractivity contribution is 7.94. The van der Waals surface area contributed by atoms with Crippen molar-refractivity contribution in [3.05, 3.63) is 46.8 Å². The summed E-state index contributed by atoms with van der Waals surface area (Å²) >= 11 is 1.31. The van der Waals surface area contributed by atoms with Crippen LogP contribution in [0.5, 0.6) is 0 Å². The third-order valence-corrected chi connectivity index (χ3v) is 6.50. The van der Waals surface area contributed by atoms with Crippen LogP contribution in [-0.2, 0) is 16.6 Å². The van der Waals surface area contributed by atoms with Crippen LogP contribution in [0.25, 0.3) is 0 Å². The van der Waals surface area contributed by atoms with E-state index < -0.39 is 10.0 Å². The maximum absolute atomic E-state index is 12.6. The predicted octanol–water partition coefficient (Wildman–Crippen LogP) is 2.99. The molecule has 0 aliphatic rings. The number of aryl methyl sites for hydroxylation is 1. The Balaban J connectivity index is 2.26. The Morgan fingerprint density at radius 3 is 2.67 bits per heavy atom. The van der Waals surface area contributed by atoms with Gasteiger partial charge in [0.15, 0.2) is 0 Å². The summed E-state index contributed by atoms with van der Waals surface area (Å²) in [5, 5.41) is 3.20. The van der Waals surface area contributed by atoms with Crippen molar-refractivity contribution in [2.45, 2.75) is 24.6 Å². The zero-order chi connectivity index (χ0) is 15.5. The molecule has 2 aromatic rings. The molecule has 0 aliphatic heterocycles. The number of rotatable bonds is 6. The molecule has 4 nitrogen and oxygen atoms in total. The van der Waals surface area contributed by atoms with Gasteiger partial charge in [-0.25, -0.2) is 8.42 Å². The zero-order valence-electron chi connectivity index (χ0n) is 12.5. The van der Waals surface area contributed by atoms with E-state index in [1.807, 2.05) is 38.1 Å². The van der Waals surface area contributed by atoms with Gasteiger partial charge in [0.05, 0.1) is 5.69 Å². The second kappa shape index (κ2) is 6.60. The van der Waals surface area contributed by atoms with E-state index in [1.54, 1.807) is 19.2 Å². The summed E-state index contributed by atoms with van der Waals surface area (Å²) in [6.07, 6.45) is 0. The van der Waals surface area contributed by atoms with E-state index in [9.17, 15) is 8.42 Å². The van der Waals surface area contributed by atoms with Gasteiger partial charge < -0.3 is 5.32 Å². The van der Waals surface area contributed by atoms with E-state index in [0.717, 1.165) is 17.0 Å². The third-order valence-electron chi connectivity index (χ3n) is 3.17. The fourth-order valence-electron chi connectivity index (χ4n) is 1.94. The number of sulfonamides is 1. The van der Waals surface area contributed by atoms with Crippen LogP contribution in [0, 0.1) is 6.92 Å². The molecule has 0 fully saturated rings. The average Bonchev–Trinajstić information content (AvgIpc) is 2.93. The molecular formula is C15H20N2O2S2. The second-order valence-electron chi connectivity index (χ2n) is 4.81. The normalized spacial score (nSPS) is 11.6. The van der Waals surface area contributed by atoms with Crippen molar-refractivity contribution in [3.63, 3.8) is 0 Å². The van der Waals surface area contributed by atoms with Crippen LogP contribution in [0.3, 0.4) is 0 Å². The van der Waals surface area contributed by atoms with Crippen LogP contribution in [0.15, 0.2) is 40.6 Å². The third kappa shape index (κ3) is 3.64. The highest BCUT2D eigenvalue weighted by atomic mass is 32.2. The van der Waals surface area contributed by atoms with Crippen molar-refractivity contribution >= 4 is 27.0 Å². The Morgan fingerprint density at radius 1 is 1.24 bits per heavy atom. The maximum Gasteiger partial charge on any atom is 0.273 e. The monoisotopic (exact) mass is 324 g/mol. The van der Waals surface area contributed by atoms with Gasteiger partial charge in [0, 0.05) is 18.5 Å². The van der Waals surface area contributed by atoms with Gasteiger partial charge in [-0.15, -0.1) is 11.3 Å². The number of hydrogen-bond donors (Lipinski definition) is 1. The summed E-state index contributed by atoms with van der Waals surface area (Å²) in [5.41, 5.74) is 1.71. The fourth-order valence-corrected chi connectivity index (χ4v) is 4.62. The lowest BCUT2D eigenvalue weighted by Gasteiger charge is -2.18. The maximum atomic E-state index is 12.6. The van der Waals surface area contributed by atoms with Gasteiger partial charge in [-0.1, -0.05) is 19.1 Å². The standard InChI is InChI=1S/C15H20N2O2S2/c1-4-16-11-14-8-9-15(20-14)21(18,19)17(3)13-7-5-6-12(2)10-13/h5-10,16H,4,11H2,1-3H3. The molecule has 0 saturated heterocycles. The minimum atomic E-state index is -3.49. The van der Waals surface area contributed by atoms with Crippen molar-refractivity contribution in [3.8, 4) is 0 Å². The summed E-state index contributed by atoms with van der Waals surface area (Å²) in [7, 11) is -1.90. The van der Waals surface area contributed by atoms with E-state index in [1.165, 1.54) is 15.6 Å². The van der Waals surface area contributed by atoms with E-state index in [-0.39, 0.29) is 0 Å². The molecule has 0 unspecified atom stereocenters. The quantitative estimate of drug-likeness (QED) is 0.888. The van der Waals surface area contributed by atoms with E-state index in [4.69, 9.17) is 0 Å². The highest BCUT2D eigenvalue weighted by Gasteiger charge is 2.23. The molecule has 0 radical (unpaired) electrons. The van der Waals surface area contributed by atoms with Crippen LogP contribution >= 0.6 is 11.3 Å². The molecular weight excluding hydrogens is 304 g/mol. The van der Waals surface area contributed by atoms with Crippen molar-refractivity contribution in [2.75, 3.05) is 17.9 Å². The first kappa shape index (κ1) is 16.0.